The van der Waals surface area contributed by atoms with E-state index in [-0.39, 0.29) is 17.0 Å². The Labute approximate surface area is 161 Å². The van der Waals surface area contributed by atoms with Crippen molar-refractivity contribution < 1.29 is 19.1 Å². The van der Waals surface area contributed by atoms with Crippen LogP contribution in [0.25, 0.3) is 10.9 Å². The molecule has 0 atom stereocenters. The largest absolute Gasteiger partial charge is 0.497 e. The fourth-order valence-electron chi connectivity index (χ4n) is 3.32. The number of anilines is 1. The summed E-state index contributed by atoms with van der Waals surface area (Å²) in [5.74, 6) is 0.482. The maximum absolute atomic E-state index is 12.8. The summed E-state index contributed by atoms with van der Waals surface area (Å²) in [5.41, 5.74) is 5.17. The summed E-state index contributed by atoms with van der Waals surface area (Å²) in [7, 11) is 2.90. The van der Waals surface area contributed by atoms with Gasteiger partial charge >= 0.3 is 5.97 Å². The first-order chi connectivity index (χ1) is 13.6. The molecule has 1 amide bonds. The zero-order valence-corrected chi connectivity index (χ0v) is 15.6. The first-order valence-electron chi connectivity index (χ1n) is 8.84. The zero-order chi connectivity index (χ0) is 19.7. The maximum Gasteiger partial charge on any atom is 0.338 e. The Morgan fingerprint density at radius 2 is 1.86 bits per heavy atom. The van der Waals surface area contributed by atoms with Crippen LogP contribution in [-0.2, 0) is 11.2 Å². The van der Waals surface area contributed by atoms with Gasteiger partial charge in [-0.15, -0.1) is 0 Å². The fraction of sp³-hybridized carbons (Fsp3) is 0.190. The first-order valence-corrected chi connectivity index (χ1v) is 8.84. The molecule has 0 spiro atoms. The molecule has 2 heterocycles. The van der Waals surface area contributed by atoms with Crippen LogP contribution in [0.15, 0.2) is 48.5 Å². The number of amides is 1. The predicted octanol–water partition coefficient (Wildman–Crippen LogP) is 2.74. The van der Waals surface area contributed by atoms with E-state index in [1.807, 2.05) is 18.2 Å². The number of nitrogens with zero attached hydrogens (tertiary/aromatic N) is 2. The predicted molar refractivity (Wildman–Crippen MR) is 105 cm³/mol. The molecule has 2 aromatic carbocycles. The molecule has 28 heavy (non-hydrogen) atoms. The second-order valence-electron chi connectivity index (χ2n) is 6.41. The SMILES string of the molecule is COC(=O)c1ccccc1C(=O)NN1CCc2cc3ccc(OC)cc3nc21. The van der Waals surface area contributed by atoms with Gasteiger partial charge in [-0.25, -0.2) is 9.78 Å². The number of pyridine rings is 1. The topological polar surface area (TPSA) is 80.8 Å². The number of ether oxygens (including phenoxy) is 2. The number of methoxy groups -OCH3 is 2. The van der Waals surface area contributed by atoms with E-state index in [2.05, 4.69) is 11.5 Å². The van der Waals surface area contributed by atoms with Crippen LogP contribution in [0.1, 0.15) is 26.3 Å². The highest BCUT2D eigenvalue weighted by molar-refractivity contribution is 6.05. The van der Waals surface area contributed by atoms with E-state index in [1.54, 1.807) is 36.4 Å². The highest BCUT2D eigenvalue weighted by Crippen LogP contribution is 2.30. The van der Waals surface area contributed by atoms with Gasteiger partial charge in [-0.05, 0) is 42.3 Å². The number of hydrazine groups is 1. The van der Waals surface area contributed by atoms with Gasteiger partial charge in [0.15, 0.2) is 5.82 Å². The minimum atomic E-state index is -0.552. The van der Waals surface area contributed by atoms with Gasteiger partial charge < -0.3 is 9.47 Å². The Hall–Kier alpha value is -3.61. The summed E-state index contributed by atoms with van der Waals surface area (Å²) in [5, 5.41) is 2.73. The zero-order valence-electron chi connectivity index (χ0n) is 15.6. The van der Waals surface area contributed by atoms with Crippen LogP contribution in [0.3, 0.4) is 0 Å². The van der Waals surface area contributed by atoms with E-state index in [1.165, 1.54) is 7.11 Å². The van der Waals surface area contributed by atoms with Crippen LogP contribution in [0, 0.1) is 0 Å². The summed E-state index contributed by atoms with van der Waals surface area (Å²) < 4.78 is 10.0. The lowest BCUT2D eigenvalue weighted by molar-refractivity contribution is 0.0596. The number of aromatic nitrogens is 1. The smallest absolute Gasteiger partial charge is 0.338 e. The molecular weight excluding hydrogens is 358 g/mol. The number of carbonyl (C=O) groups is 2. The minimum absolute atomic E-state index is 0.220. The summed E-state index contributed by atoms with van der Waals surface area (Å²) in [4.78, 5) is 29.5. The Bertz CT molecular complexity index is 1080. The van der Waals surface area contributed by atoms with E-state index < -0.39 is 5.97 Å². The number of hydrogen-bond donors (Lipinski definition) is 1. The van der Waals surface area contributed by atoms with Crippen molar-refractivity contribution in [2.75, 3.05) is 25.8 Å². The standard InChI is InChI=1S/C21H19N3O4/c1-27-15-8-7-13-11-14-9-10-24(19(14)22-18(13)12-15)23-20(25)16-5-3-4-6-17(16)21(26)28-2/h3-8,11-12H,9-10H2,1-2H3,(H,23,25). The monoisotopic (exact) mass is 377 g/mol. The number of rotatable bonds is 4. The van der Waals surface area contributed by atoms with Crippen LogP contribution >= 0.6 is 0 Å². The quantitative estimate of drug-likeness (QED) is 0.704. The Kier molecular flexibility index (Phi) is 4.57. The summed E-state index contributed by atoms with van der Waals surface area (Å²) in [6.45, 7) is 0.599. The highest BCUT2D eigenvalue weighted by atomic mass is 16.5. The Balaban J connectivity index is 1.64. The van der Waals surface area contributed by atoms with Gasteiger partial charge in [0.1, 0.15) is 5.75 Å². The molecule has 7 heteroatoms. The maximum atomic E-state index is 12.8. The molecule has 7 nitrogen and oxygen atoms in total. The van der Waals surface area contributed by atoms with Gasteiger partial charge in [-0.2, -0.15) is 0 Å². The summed E-state index contributed by atoms with van der Waals surface area (Å²) in [6.07, 6.45) is 0.767. The third-order valence-corrected chi connectivity index (χ3v) is 4.75. The molecule has 0 saturated heterocycles. The van der Waals surface area contributed by atoms with Gasteiger partial charge in [0.05, 0.1) is 30.9 Å². The summed E-state index contributed by atoms with van der Waals surface area (Å²) >= 11 is 0. The summed E-state index contributed by atoms with van der Waals surface area (Å²) in [6, 6.07) is 14.4. The average Bonchev–Trinajstić information content (AvgIpc) is 3.12. The first kappa shape index (κ1) is 17.8. The van der Waals surface area contributed by atoms with Crippen LogP contribution in [0.2, 0.25) is 0 Å². The molecule has 1 aliphatic heterocycles. The van der Waals surface area contributed by atoms with Crippen molar-refractivity contribution in [3.05, 3.63) is 65.2 Å². The fourth-order valence-corrected chi connectivity index (χ4v) is 3.32. The molecule has 1 aliphatic rings. The number of hydrogen-bond acceptors (Lipinski definition) is 6. The Morgan fingerprint density at radius 1 is 1.07 bits per heavy atom. The second kappa shape index (κ2) is 7.19. The van der Waals surface area contributed by atoms with Crippen molar-refractivity contribution in [3.8, 4) is 5.75 Å². The van der Waals surface area contributed by atoms with Crippen molar-refractivity contribution in [1.82, 2.24) is 10.4 Å². The molecule has 0 saturated carbocycles. The second-order valence-corrected chi connectivity index (χ2v) is 6.41. The Morgan fingerprint density at radius 3 is 2.61 bits per heavy atom. The lowest BCUT2D eigenvalue weighted by atomic mass is 10.1. The third kappa shape index (κ3) is 3.11. The van der Waals surface area contributed by atoms with Gasteiger partial charge in [0.25, 0.3) is 5.91 Å². The number of esters is 1. The van der Waals surface area contributed by atoms with E-state index in [0.717, 1.165) is 28.6 Å². The number of benzene rings is 2. The van der Waals surface area contributed by atoms with Gasteiger partial charge in [-0.3, -0.25) is 15.2 Å². The molecular formula is C21H19N3O4. The third-order valence-electron chi connectivity index (χ3n) is 4.75. The molecule has 4 rings (SSSR count). The van der Waals surface area contributed by atoms with Crippen LogP contribution < -0.4 is 15.2 Å². The van der Waals surface area contributed by atoms with E-state index >= 15 is 0 Å². The van der Waals surface area contributed by atoms with E-state index in [4.69, 9.17) is 14.5 Å². The van der Waals surface area contributed by atoms with Crippen molar-refractivity contribution >= 4 is 28.6 Å². The van der Waals surface area contributed by atoms with Crippen molar-refractivity contribution in [2.24, 2.45) is 0 Å². The van der Waals surface area contributed by atoms with Crippen LogP contribution in [0.4, 0.5) is 5.82 Å². The molecule has 0 unspecified atom stereocenters. The van der Waals surface area contributed by atoms with Gasteiger partial charge in [0, 0.05) is 18.0 Å². The van der Waals surface area contributed by atoms with Crippen molar-refractivity contribution in [2.45, 2.75) is 6.42 Å². The highest BCUT2D eigenvalue weighted by Gasteiger charge is 2.25. The van der Waals surface area contributed by atoms with E-state index in [0.29, 0.717) is 12.4 Å². The molecule has 0 bridgehead atoms. The minimum Gasteiger partial charge on any atom is -0.497 e. The lowest BCUT2D eigenvalue weighted by Crippen LogP contribution is -2.42. The number of carbonyl (C=O) groups excluding carboxylic acids is 2. The van der Waals surface area contributed by atoms with Crippen molar-refractivity contribution in [1.29, 1.82) is 0 Å². The molecule has 0 aliphatic carbocycles. The molecule has 1 aromatic heterocycles. The number of nitrogens with one attached hydrogen (secondary N) is 1. The number of fused-ring (bicyclic) bond motifs is 2. The van der Waals surface area contributed by atoms with E-state index in [9.17, 15) is 9.59 Å². The molecule has 1 N–H and O–H groups in total. The molecule has 142 valence electrons. The van der Waals surface area contributed by atoms with Gasteiger partial charge in [-0.1, -0.05) is 12.1 Å². The van der Waals surface area contributed by atoms with Crippen molar-refractivity contribution in [3.63, 3.8) is 0 Å². The molecule has 3 aromatic rings. The average molecular weight is 377 g/mol. The molecule has 0 fully saturated rings. The van der Waals surface area contributed by atoms with Crippen LogP contribution in [-0.4, -0.2) is 37.6 Å². The molecule has 0 radical (unpaired) electrons. The van der Waals surface area contributed by atoms with Gasteiger partial charge in [0.2, 0.25) is 0 Å². The van der Waals surface area contributed by atoms with Crippen LogP contribution in [0.5, 0.6) is 5.75 Å². The normalized spacial score (nSPS) is 12.6. The lowest BCUT2D eigenvalue weighted by Gasteiger charge is -2.20.